The van der Waals surface area contributed by atoms with E-state index in [1.807, 2.05) is 4.90 Å². The number of hydrogen-bond acceptors (Lipinski definition) is 2. The number of hydrogen-bond donors (Lipinski definition) is 1. The van der Waals surface area contributed by atoms with E-state index in [0.29, 0.717) is 12.0 Å². The van der Waals surface area contributed by atoms with Crippen molar-refractivity contribution in [2.24, 2.45) is 11.7 Å². The highest BCUT2D eigenvalue weighted by Crippen LogP contribution is 2.37. The molecular weight excluding hydrogens is 284 g/mol. The summed E-state index contributed by atoms with van der Waals surface area (Å²) in [6.45, 7) is 3.66. The van der Waals surface area contributed by atoms with Gasteiger partial charge in [-0.2, -0.15) is 13.2 Å². The number of piperidine rings is 1. The predicted octanol–water partition coefficient (Wildman–Crippen LogP) is 3.58. The van der Waals surface area contributed by atoms with Gasteiger partial charge in [-0.15, -0.1) is 0 Å². The van der Waals surface area contributed by atoms with E-state index in [4.69, 9.17) is 5.73 Å². The van der Waals surface area contributed by atoms with Gasteiger partial charge in [0.25, 0.3) is 0 Å². The average Bonchev–Trinajstić information content (AvgIpc) is 2.42. The topological polar surface area (TPSA) is 29.3 Å². The van der Waals surface area contributed by atoms with Crippen LogP contribution in [0.5, 0.6) is 0 Å². The number of nitrogens with two attached hydrogens (primary N) is 1. The van der Waals surface area contributed by atoms with Gasteiger partial charge in [0.1, 0.15) is 5.82 Å². The molecule has 2 N–H and O–H groups in total. The zero-order chi connectivity index (χ0) is 15.6. The lowest BCUT2D eigenvalue weighted by Crippen LogP contribution is -2.40. The highest BCUT2D eigenvalue weighted by molar-refractivity contribution is 5.33. The van der Waals surface area contributed by atoms with E-state index in [2.05, 4.69) is 6.92 Å². The number of alkyl halides is 3. The van der Waals surface area contributed by atoms with Crippen LogP contribution in [-0.2, 0) is 6.18 Å². The van der Waals surface area contributed by atoms with Gasteiger partial charge in [0, 0.05) is 12.6 Å². The van der Waals surface area contributed by atoms with Gasteiger partial charge >= 0.3 is 6.18 Å². The molecule has 21 heavy (non-hydrogen) atoms. The van der Waals surface area contributed by atoms with Crippen molar-refractivity contribution in [3.63, 3.8) is 0 Å². The summed E-state index contributed by atoms with van der Waals surface area (Å²) < 4.78 is 52.6. The van der Waals surface area contributed by atoms with Crippen molar-refractivity contribution in [2.45, 2.75) is 32.0 Å². The summed E-state index contributed by atoms with van der Waals surface area (Å²) >= 11 is 0. The summed E-state index contributed by atoms with van der Waals surface area (Å²) in [5, 5.41) is 0. The minimum absolute atomic E-state index is 0.0703. The molecule has 0 radical (unpaired) electrons. The van der Waals surface area contributed by atoms with Crippen LogP contribution >= 0.6 is 0 Å². The SMILES string of the molecule is CC1CCN(C(CN)c2ccc(F)cc2C(F)(F)F)CC1. The number of nitrogens with zero attached hydrogens (tertiary/aromatic N) is 1. The van der Waals surface area contributed by atoms with Crippen molar-refractivity contribution < 1.29 is 17.6 Å². The molecule has 1 aromatic rings. The van der Waals surface area contributed by atoms with Crippen molar-refractivity contribution in [1.82, 2.24) is 4.90 Å². The largest absolute Gasteiger partial charge is 0.416 e. The number of likely N-dealkylation sites (tertiary alicyclic amines) is 1. The maximum absolute atomic E-state index is 13.2. The van der Waals surface area contributed by atoms with E-state index >= 15 is 0 Å². The Balaban J connectivity index is 2.34. The monoisotopic (exact) mass is 304 g/mol. The van der Waals surface area contributed by atoms with E-state index in [-0.39, 0.29) is 12.1 Å². The van der Waals surface area contributed by atoms with Crippen LogP contribution in [-0.4, -0.2) is 24.5 Å². The summed E-state index contributed by atoms with van der Waals surface area (Å²) in [6.07, 6.45) is -2.69. The maximum atomic E-state index is 13.2. The molecular formula is C15H20F4N2. The lowest BCUT2D eigenvalue weighted by molar-refractivity contribution is -0.139. The Morgan fingerprint density at radius 1 is 1.29 bits per heavy atom. The predicted molar refractivity (Wildman–Crippen MR) is 73.2 cm³/mol. The van der Waals surface area contributed by atoms with Gasteiger partial charge in [0.05, 0.1) is 5.56 Å². The minimum atomic E-state index is -4.58. The summed E-state index contributed by atoms with van der Waals surface area (Å²) in [7, 11) is 0. The van der Waals surface area contributed by atoms with Crippen molar-refractivity contribution in [3.8, 4) is 0 Å². The zero-order valence-electron chi connectivity index (χ0n) is 12.0. The fraction of sp³-hybridized carbons (Fsp3) is 0.600. The molecule has 1 atom stereocenters. The third-order valence-electron chi connectivity index (χ3n) is 4.16. The molecule has 0 saturated carbocycles. The second-order valence-corrected chi connectivity index (χ2v) is 5.70. The molecule has 2 rings (SSSR count). The standard InChI is InChI=1S/C15H20F4N2/c1-10-4-6-21(7-5-10)14(9-20)12-3-2-11(16)8-13(12)15(17,18)19/h2-3,8,10,14H,4-7,9,20H2,1H3. The highest BCUT2D eigenvalue weighted by Gasteiger charge is 2.37. The van der Waals surface area contributed by atoms with Gasteiger partial charge < -0.3 is 5.73 Å². The molecule has 2 nitrogen and oxygen atoms in total. The van der Waals surface area contributed by atoms with Crippen molar-refractivity contribution >= 4 is 0 Å². The number of benzene rings is 1. The average molecular weight is 304 g/mol. The Morgan fingerprint density at radius 3 is 2.43 bits per heavy atom. The molecule has 6 heteroatoms. The first-order chi connectivity index (χ1) is 9.82. The smallest absolute Gasteiger partial charge is 0.329 e. The molecule has 0 aliphatic carbocycles. The van der Waals surface area contributed by atoms with Gasteiger partial charge in [0.15, 0.2) is 0 Å². The molecule has 1 unspecified atom stereocenters. The quantitative estimate of drug-likeness (QED) is 0.865. The second-order valence-electron chi connectivity index (χ2n) is 5.70. The lowest BCUT2D eigenvalue weighted by Gasteiger charge is -2.37. The van der Waals surface area contributed by atoms with Crippen LogP contribution in [0.2, 0.25) is 0 Å². The third-order valence-corrected chi connectivity index (χ3v) is 4.16. The van der Waals surface area contributed by atoms with Crippen LogP contribution < -0.4 is 5.73 Å². The molecule has 1 aromatic carbocycles. The number of halogens is 4. The first-order valence-corrected chi connectivity index (χ1v) is 7.13. The Labute approximate surface area is 121 Å². The van der Waals surface area contributed by atoms with E-state index in [0.717, 1.165) is 32.0 Å². The summed E-state index contributed by atoms with van der Waals surface area (Å²) in [5.41, 5.74) is 4.87. The zero-order valence-corrected chi connectivity index (χ0v) is 12.0. The van der Waals surface area contributed by atoms with E-state index in [1.54, 1.807) is 0 Å². The molecule has 1 aliphatic heterocycles. The number of rotatable bonds is 3. The van der Waals surface area contributed by atoms with Crippen LogP contribution in [0, 0.1) is 11.7 Å². The van der Waals surface area contributed by atoms with Gasteiger partial charge in [-0.05, 0) is 49.5 Å². The Kier molecular flexibility index (Phi) is 4.88. The lowest BCUT2D eigenvalue weighted by atomic mass is 9.93. The van der Waals surface area contributed by atoms with Crippen LogP contribution in [0.25, 0.3) is 0 Å². The van der Waals surface area contributed by atoms with Crippen LogP contribution in [0.4, 0.5) is 17.6 Å². The molecule has 1 fully saturated rings. The van der Waals surface area contributed by atoms with Crippen LogP contribution in [0.3, 0.4) is 0 Å². The van der Waals surface area contributed by atoms with Crippen molar-refractivity contribution in [3.05, 3.63) is 35.1 Å². The Morgan fingerprint density at radius 2 is 1.90 bits per heavy atom. The molecule has 0 spiro atoms. The fourth-order valence-corrected chi connectivity index (χ4v) is 2.88. The Hall–Kier alpha value is -1.14. The molecule has 118 valence electrons. The summed E-state index contributed by atoms with van der Waals surface area (Å²) in [6, 6.07) is 2.33. The second kappa shape index (κ2) is 6.32. The highest BCUT2D eigenvalue weighted by atomic mass is 19.4. The fourth-order valence-electron chi connectivity index (χ4n) is 2.88. The van der Waals surface area contributed by atoms with Crippen molar-refractivity contribution in [1.29, 1.82) is 0 Å². The van der Waals surface area contributed by atoms with E-state index in [9.17, 15) is 17.6 Å². The summed E-state index contributed by atoms with van der Waals surface area (Å²) in [5.74, 6) is -0.302. The maximum Gasteiger partial charge on any atom is 0.416 e. The third kappa shape index (κ3) is 3.74. The van der Waals surface area contributed by atoms with Gasteiger partial charge in [-0.1, -0.05) is 13.0 Å². The summed E-state index contributed by atoms with van der Waals surface area (Å²) in [4.78, 5) is 1.97. The molecule has 0 bridgehead atoms. The van der Waals surface area contributed by atoms with Gasteiger partial charge in [-0.25, -0.2) is 4.39 Å². The molecule has 0 aromatic heterocycles. The van der Waals surface area contributed by atoms with Crippen molar-refractivity contribution in [2.75, 3.05) is 19.6 Å². The first-order valence-electron chi connectivity index (χ1n) is 7.13. The van der Waals surface area contributed by atoms with E-state index in [1.165, 1.54) is 6.07 Å². The molecule has 1 heterocycles. The first kappa shape index (κ1) is 16.2. The molecule has 1 aliphatic rings. The Bertz CT molecular complexity index is 479. The van der Waals surface area contributed by atoms with Crippen LogP contribution in [0.15, 0.2) is 18.2 Å². The molecule has 1 saturated heterocycles. The van der Waals surface area contributed by atoms with E-state index < -0.39 is 23.6 Å². The normalized spacial score (nSPS) is 19.7. The van der Waals surface area contributed by atoms with Gasteiger partial charge in [0.2, 0.25) is 0 Å². The minimum Gasteiger partial charge on any atom is -0.329 e. The van der Waals surface area contributed by atoms with Crippen LogP contribution in [0.1, 0.15) is 36.9 Å². The molecule has 0 amide bonds. The van der Waals surface area contributed by atoms with Gasteiger partial charge in [-0.3, -0.25) is 4.90 Å².